The minimum absolute atomic E-state index is 0.264. The zero-order valence-corrected chi connectivity index (χ0v) is 13.7. The largest absolute Gasteiger partial charge is 0.338 e. The third kappa shape index (κ3) is 2.75. The summed E-state index contributed by atoms with van der Waals surface area (Å²) < 4.78 is 0. The van der Waals surface area contributed by atoms with E-state index in [0.29, 0.717) is 4.83 Å². The molecule has 0 saturated carbocycles. The van der Waals surface area contributed by atoms with Crippen molar-refractivity contribution in [3.8, 4) is 0 Å². The van der Waals surface area contributed by atoms with Crippen LogP contribution in [-0.2, 0) is 12.8 Å². The Bertz CT molecular complexity index is 453. The fourth-order valence-electron chi connectivity index (χ4n) is 3.15. The third-order valence-corrected chi connectivity index (χ3v) is 6.41. The van der Waals surface area contributed by atoms with Gasteiger partial charge in [0.1, 0.15) is 0 Å². The maximum absolute atomic E-state index is 12.5. The van der Waals surface area contributed by atoms with E-state index in [0.717, 1.165) is 36.7 Å². The summed E-state index contributed by atoms with van der Waals surface area (Å²) in [5, 5.41) is 0. The maximum Gasteiger partial charge on any atom is 0.263 e. The summed E-state index contributed by atoms with van der Waals surface area (Å²) in [7, 11) is 0. The summed E-state index contributed by atoms with van der Waals surface area (Å²) in [6.45, 7) is 4.05. The number of halogens is 1. The van der Waals surface area contributed by atoms with Gasteiger partial charge in [-0.3, -0.25) is 4.79 Å². The molecule has 0 N–H and O–H groups in total. The van der Waals surface area contributed by atoms with Crippen molar-refractivity contribution in [3.05, 3.63) is 21.4 Å². The summed E-state index contributed by atoms with van der Waals surface area (Å²) in [6.07, 6.45) is 5.87. The number of fused-ring (bicyclic) bond motifs is 1. The van der Waals surface area contributed by atoms with Crippen molar-refractivity contribution in [2.45, 2.75) is 43.9 Å². The van der Waals surface area contributed by atoms with Crippen molar-refractivity contribution in [1.29, 1.82) is 0 Å². The van der Waals surface area contributed by atoms with Crippen molar-refractivity contribution in [1.82, 2.24) is 4.90 Å². The van der Waals surface area contributed by atoms with Gasteiger partial charge in [-0.1, -0.05) is 22.9 Å². The Labute approximate surface area is 127 Å². The molecular formula is C15H20BrNOS. The number of alkyl halides is 1. The lowest BCUT2D eigenvalue weighted by molar-refractivity contribution is 0.0696. The van der Waals surface area contributed by atoms with Gasteiger partial charge in [-0.15, -0.1) is 11.3 Å². The molecule has 104 valence electrons. The third-order valence-electron chi connectivity index (χ3n) is 4.43. The highest BCUT2D eigenvalue weighted by atomic mass is 79.9. The Morgan fingerprint density at radius 3 is 2.79 bits per heavy atom. The number of hydrogen-bond donors (Lipinski definition) is 0. The van der Waals surface area contributed by atoms with Gasteiger partial charge in [-0.25, -0.2) is 0 Å². The Balaban J connectivity index is 1.65. The van der Waals surface area contributed by atoms with Gasteiger partial charge in [0.05, 0.1) is 4.88 Å². The fourth-order valence-corrected chi connectivity index (χ4v) is 4.90. The molecule has 2 aliphatic rings. The second kappa shape index (κ2) is 5.57. The lowest BCUT2D eigenvalue weighted by atomic mass is 9.94. The first-order valence-corrected chi connectivity index (χ1v) is 8.93. The van der Waals surface area contributed by atoms with Crippen LogP contribution >= 0.6 is 27.3 Å². The van der Waals surface area contributed by atoms with Gasteiger partial charge in [0.15, 0.2) is 0 Å². The second-order valence-electron chi connectivity index (χ2n) is 5.72. The minimum atomic E-state index is 0.264. The number of amides is 1. The molecule has 19 heavy (non-hydrogen) atoms. The van der Waals surface area contributed by atoms with Crippen LogP contribution in [0.15, 0.2) is 6.07 Å². The van der Waals surface area contributed by atoms with Crippen LogP contribution < -0.4 is 0 Å². The van der Waals surface area contributed by atoms with Crippen LogP contribution in [0.1, 0.15) is 46.3 Å². The Hall–Kier alpha value is -0.350. The first-order chi connectivity index (χ1) is 9.15. The van der Waals surface area contributed by atoms with Gasteiger partial charge in [0, 0.05) is 22.8 Å². The number of piperidine rings is 1. The van der Waals surface area contributed by atoms with Crippen LogP contribution in [0.5, 0.6) is 0 Å². The molecule has 1 aliphatic heterocycles. The molecule has 0 radical (unpaired) electrons. The molecule has 1 saturated heterocycles. The highest BCUT2D eigenvalue weighted by Gasteiger charge is 2.27. The fraction of sp³-hybridized carbons (Fsp3) is 0.667. The molecule has 0 spiro atoms. The quantitative estimate of drug-likeness (QED) is 0.747. The van der Waals surface area contributed by atoms with Crippen molar-refractivity contribution in [2.24, 2.45) is 5.92 Å². The van der Waals surface area contributed by atoms with E-state index in [2.05, 4.69) is 28.9 Å². The molecule has 1 fully saturated rings. The Kier molecular flexibility index (Phi) is 3.99. The number of aryl methyl sites for hydroxylation is 2. The molecule has 3 rings (SSSR count). The predicted molar refractivity (Wildman–Crippen MR) is 83.4 cm³/mol. The lowest BCUT2D eigenvalue weighted by Crippen LogP contribution is -2.39. The van der Waals surface area contributed by atoms with Gasteiger partial charge < -0.3 is 4.90 Å². The summed E-state index contributed by atoms with van der Waals surface area (Å²) in [5.41, 5.74) is 1.43. The van der Waals surface area contributed by atoms with Crippen molar-refractivity contribution < 1.29 is 4.79 Å². The number of likely N-dealkylation sites (tertiary alicyclic amines) is 1. The van der Waals surface area contributed by atoms with Crippen LogP contribution in [0.4, 0.5) is 0 Å². The van der Waals surface area contributed by atoms with Gasteiger partial charge in [0.2, 0.25) is 0 Å². The SMILES string of the molecule is CC(Br)C1CCN(C(=O)c2cc3c(s2)CCC3)CC1. The number of nitrogens with zero attached hydrogens (tertiary/aromatic N) is 1. The Morgan fingerprint density at radius 1 is 1.42 bits per heavy atom. The van der Waals surface area contributed by atoms with Crippen LogP contribution in [-0.4, -0.2) is 28.7 Å². The van der Waals surface area contributed by atoms with Crippen LogP contribution in [0, 0.1) is 5.92 Å². The maximum atomic E-state index is 12.5. The van der Waals surface area contributed by atoms with Gasteiger partial charge in [-0.05, 0) is 49.7 Å². The van der Waals surface area contributed by atoms with Crippen LogP contribution in [0.2, 0.25) is 0 Å². The summed E-state index contributed by atoms with van der Waals surface area (Å²) in [6, 6.07) is 2.15. The van der Waals surface area contributed by atoms with E-state index in [1.165, 1.54) is 29.7 Å². The van der Waals surface area contributed by atoms with Crippen molar-refractivity contribution in [2.75, 3.05) is 13.1 Å². The average Bonchev–Trinajstić information content (AvgIpc) is 2.98. The lowest BCUT2D eigenvalue weighted by Gasteiger charge is -2.33. The van der Waals surface area contributed by atoms with E-state index in [9.17, 15) is 4.79 Å². The van der Waals surface area contributed by atoms with E-state index in [4.69, 9.17) is 0 Å². The van der Waals surface area contributed by atoms with E-state index in [-0.39, 0.29) is 5.91 Å². The number of carbonyl (C=O) groups excluding carboxylic acids is 1. The Morgan fingerprint density at radius 2 is 2.16 bits per heavy atom. The standard InChI is InChI=1S/C15H20BrNOS/c1-10(16)11-5-7-17(8-6-11)15(18)14-9-12-3-2-4-13(12)19-14/h9-11H,2-8H2,1H3. The van der Waals surface area contributed by atoms with Gasteiger partial charge >= 0.3 is 0 Å². The average molecular weight is 342 g/mol. The highest BCUT2D eigenvalue weighted by Crippen LogP contribution is 2.32. The topological polar surface area (TPSA) is 20.3 Å². The van der Waals surface area contributed by atoms with Crippen LogP contribution in [0.3, 0.4) is 0 Å². The summed E-state index contributed by atoms with van der Waals surface area (Å²) in [5.74, 6) is 0.984. The molecule has 4 heteroatoms. The molecule has 1 atom stereocenters. The summed E-state index contributed by atoms with van der Waals surface area (Å²) >= 11 is 5.40. The van der Waals surface area contributed by atoms with Gasteiger partial charge in [-0.2, -0.15) is 0 Å². The molecule has 2 heterocycles. The molecule has 1 aromatic rings. The molecule has 1 aliphatic carbocycles. The molecule has 1 aromatic heterocycles. The number of hydrogen-bond acceptors (Lipinski definition) is 2. The van der Waals surface area contributed by atoms with Gasteiger partial charge in [0.25, 0.3) is 5.91 Å². The smallest absolute Gasteiger partial charge is 0.263 e. The van der Waals surface area contributed by atoms with E-state index >= 15 is 0 Å². The van der Waals surface area contributed by atoms with Crippen LogP contribution in [0.25, 0.3) is 0 Å². The first-order valence-electron chi connectivity index (χ1n) is 7.20. The zero-order valence-electron chi connectivity index (χ0n) is 11.3. The molecule has 1 unspecified atom stereocenters. The number of thiophene rings is 1. The van der Waals surface area contributed by atoms with E-state index in [1.807, 2.05) is 4.90 Å². The minimum Gasteiger partial charge on any atom is -0.338 e. The normalized spacial score (nSPS) is 21.5. The zero-order chi connectivity index (χ0) is 13.4. The predicted octanol–water partition coefficient (Wildman–Crippen LogP) is 3.87. The number of rotatable bonds is 2. The van der Waals surface area contributed by atoms with E-state index < -0.39 is 0 Å². The molecule has 0 bridgehead atoms. The van der Waals surface area contributed by atoms with Crippen molar-refractivity contribution >= 4 is 33.2 Å². The highest BCUT2D eigenvalue weighted by molar-refractivity contribution is 9.09. The molecule has 1 amide bonds. The molecule has 0 aromatic carbocycles. The van der Waals surface area contributed by atoms with E-state index in [1.54, 1.807) is 11.3 Å². The second-order valence-corrected chi connectivity index (χ2v) is 8.30. The monoisotopic (exact) mass is 341 g/mol. The molecular weight excluding hydrogens is 322 g/mol. The van der Waals surface area contributed by atoms with Crippen molar-refractivity contribution in [3.63, 3.8) is 0 Å². The molecule has 2 nitrogen and oxygen atoms in total. The number of carbonyl (C=O) groups is 1. The summed E-state index contributed by atoms with van der Waals surface area (Å²) in [4.78, 5) is 17.5. The first kappa shape index (κ1) is 13.6.